The Morgan fingerprint density at radius 2 is 1.79 bits per heavy atom. The Morgan fingerprint density at radius 3 is 2.48 bits per heavy atom. The van der Waals surface area contributed by atoms with Gasteiger partial charge in [-0.05, 0) is 47.4 Å². The Kier molecular flexibility index (Phi) is 6.02. The zero-order chi connectivity index (χ0) is 21.0. The SMILES string of the molecule is COc1ccc(/C=C\C(=O)Nc2ccc3c(C(C)C)cc(=O)[nH]c3c2)cc1OC. The number of carbonyl (C=O) groups excluding carboxylic acids is 1. The molecule has 3 aromatic rings. The van der Waals surface area contributed by atoms with Crippen LogP contribution in [0.3, 0.4) is 0 Å². The van der Waals surface area contributed by atoms with E-state index >= 15 is 0 Å². The third kappa shape index (κ3) is 4.66. The first-order valence-corrected chi connectivity index (χ1v) is 9.29. The number of H-pyrrole nitrogens is 1. The van der Waals surface area contributed by atoms with E-state index in [0.717, 1.165) is 16.5 Å². The minimum Gasteiger partial charge on any atom is -0.493 e. The molecule has 0 spiro atoms. The summed E-state index contributed by atoms with van der Waals surface area (Å²) in [6, 6.07) is 12.5. The van der Waals surface area contributed by atoms with Crippen molar-refractivity contribution in [1.29, 1.82) is 0 Å². The molecule has 2 N–H and O–H groups in total. The molecule has 150 valence electrons. The monoisotopic (exact) mass is 392 g/mol. The van der Waals surface area contributed by atoms with Crippen LogP contribution in [0.4, 0.5) is 5.69 Å². The van der Waals surface area contributed by atoms with Gasteiger partial charge in [0.2, 0.25) is 11.5 Å². The van der Waals surface area contributed by atoms with E-state index in [2.05, 4.69) is 10.3 Å². The summed E-state index contributed by atoms with van der Waals surface area (Å²) >= 11 is 0. The van der Waals surface area contributed by atoms with Crippen molar-refractivity contribution in [1.82, 2.24) is 4.98 Å². The molecule has 1 heterocycles. The molecule has 29 heavy (non-hydrogen) atoms. The molecule has 1 aromatic heterocycles. The quantitative estimate of drug-likeness (QED) is 0.612. The number of nitrogens with one attached hydrogen (secondary N) is 2. The Morgan fingerprint density at radius 1 is 1.03 bits per heavy atom. The summed E-state index contributed by atoms with van der Waals surface area (Å²) in [5.74, 6) is 1.17. The van der Waals surface area contributed by atoms with Gasteiger partial charge in [-0.3, -0.25) is 9.59 Å². The topological polar surface area (TPSA) is 80.4 Å². The Bertz CT molecular complexity index is 1130. The summed E-state index contributed by atoms with van der Waals surface area (Å²) in [7, 11) is 3.13. The van der Waals surface area contributed by atoms with Gasteiger partial charge in [-0.25, -0.2) is 0 Å². The van der Waals surface area contributed by atoms with Crippen LogP contribution in [0.15, 0.2) is 53.3 Å². The van der Waals surface area contributed by atoms with E-state index in [1.165, 1.54) is 6.08 Å². The highest BCUT2D eigenvalue weighted by atomic mass is 16.5. The number of pyridine rings is 1. The molecule has 0 bridgehead atoms. The number of aromatic nitrogens is 1. The maximum Gasteiger partial charge on any atom is 0.248 e. The van der Waals surface area contributed by atoms with E-state index in [-0.39, 0.29) is 17.4 Å². The average Bonchev–Trinajstić information content (AvgIpc) is 2.71. The fraction of sp³-hybridized carbons (Fsp3) is 0.217. The van der Waals surface area contributed by atoms with E-state index < -0.39 is 0 Å². The van der Waals surface area contributed by atoms with Crippen LogP contribution in [0.2, 0.25) is 0 Å². The lowest BCUT2D eigenvalue weighted by Crippen LogP contribution is -2.10. The van der Waals surface area contributed by atoms with E-state index in [1.54, 1.807) is 44.6 Å². The molecule has 0 unspecified atom stereocenters. The molecule has 6 heteroatoms. The molecular formula is C23H24N2O4. The lowest BCUT2D eigenvalue weighted by Gasteiger charge is -2.11. The van der Waals surface area contributed by atoms with Crippen molar-refractivity contribution < 1.29 is 14.3 Å². The Labute approximate surface area is 169 Å². The van der Waals surface area contributed by atoms with E-state index in [1.807, 2.05) is 32.0 Å². The van der Waals surface area contributed by atoms with Gasteiger partial charge in [0.25, 0.3) is 0 Å². The molecule has 0 radical (unpaired) electrons. The Balaban J connectivity index is 1.79. The number of anilines is 1. The van der Waals surface area contributed by atoms with Crippen LogP contribution in [-0.4, -0.2) is 25.1 Å². The fourth-order valence-corrected chi connectivity index (χ4v) is 3.15. The van der Waals surface area contributed by atoms with Gasteiger partial charge in [0, 0.05) is 23.2 Å². The zero-order valence-electron chi connectivity index (χ0n) is 16.9. The van der Waals surface area contributed by atoms with E-state index in [9.17, 15) is 9.59 Å². The molecule has 6 nitrogen and oxygen atoms in total. The van der Waals surface area contributed by atoms with Crippen LogP contribution in [0, 0.1) is 0 Å². The van der Waals surface area contributed by atoms with Gasteiger partial charge in [0.1, 0.15) is 0 Å². The summed E-state index contributed by atoms with van der Waals surface area (Å²) < 4.78 is 10.5. The smallest absolute Gasteiger partial charge is 0.248 e. The van der Waals surface area contributed by atoms with Gasteiger partial charge in [-0.2, -0.15) is 0 Å². The molecule has 0 fully saturated rings. The van der Waals surface area contributed by atoms with Crippen LogP contribution < -0.4 is 20.3 Å². The largest absolute Gasteiger partial charge is 0.493 e. The van der Waals surface area contributed by atoms with E-state index in [4.69, 9.17) is 9.47 Å². The highest BCUT2D eigenvalue weighted by molar-refractivity contribution is 6.03. The van der Waals surface area contributed by atoms with Crippen LogP contribution >= 0.6 is 0 Å². The number of fused-ring (bicyclic) bond motifs is 1. The molecular weight excluding hydrogens is 368 g/mol. The van der Waals surface area contributed by atoms with Crippen LogP contribution in [0.5, 0.6) is 11.5 Å². The number of methoxy groups -OCH3 is 2. The summed E-state index contributed by atoms with van der Waals surface area (Å²) in [6.45, 7) is 4.09. The zero-order valence-corrected chi connectivity index (χ0v) is 16.9. The highest BCUT2D eigenvalue weighted by Crippen LogP contribution is 2.28. The molecule has 3 rings (SSSR count). The molecule has 1 amide bonds. The second-order valence-electron chi connectivity index (χ2n) is 6.94. The average molecular weight is 392 g/mol. The van der Waals surface area contributed by atoms with Crippen LogP contribution in [0.1, 0.15) is 30.9 Å². The molecule has 0 saturated carbocycles. The molecule has 0 aliphatic heterocycles. The second-order valence-corrected chi connectivity index (χ2v) is 6.94. The highest BCUT2D eigenvalue weighted by Gasteiger charge is 2.09. The molecule has 0 aliphatic rings. The van der Waals surface area contributed by atoms with Crippen molar-refractivity contribution in [2.24, 2.45) is 0 Å². The van der Waals surface area contributed by atoms with Crippen LogP contribution in [-0.2, 0) is 4.79 Å². The van der Waals surface area contributed by atoms with Gasteiger partial charge in [-0.1, -0.05) is 26.0 Å². The van der Waals surface area contributed by atoms with Crippen molar-refractivity contribution >= 4 is 28.6 Å². The summed E-state index contributed by atoms with van der Waals surface area (Å²) in [5, 5.41) is 3.79. The number of amides is 1. The van der Waals surface area contributed by atoms with Gasteiger partial charge in [0.15, 0.2) is 11.5 Å². The summed E-state index contributed by atoms with van der Waals surface area (Å²) in [6.07, 6.45) is 3.13. The fourth-order valence-electron chi connectivity index (χ4n) is 3.15. The van der Waals surface area contributed by atoms with Gasteiger partial charge < -0.3 is 19.8 Å². The third-order valence-electron chi connectivity index (χ3n) is 4.60. The number of hydrogen-bond acceptors (Lipinski definition) is 4. The van der Waals surface area contributed by atoms with E-state index in [0.29, 0.717) is 22.7 Å². The minimum atomic E-state index is -0.276. The second kappa shape index (κ2) is 8.65. The Hall–Kier alpha value is -3.54. The molecule has 0 atom stereocenters. The van der Waals surface area contributed by atoms with Crippen molar-refractivity contribution in [3.8, 4) is 11.5 Å². The molecule has 0 saturated heterocycles. The number of rotatable bonds is 6. The number of ether oxygens (including phenoxy) is 2. The number of benzene rings is 2. The van der Waals surface area contributed by atoms with Crippen molar-refractivity contribution in [2.75, 3.05) is 19.5 Å². The molecule has 0 aliphatic carbocycles. The standard InChI is InChI=1S/C23H24N2O4/c1-14(2)18-13-23(27)25-19-12-16(7-8-17(18)19)24-22(26)10-6-15-5-9-20(28-3)21(11-15)29-4/h5-14H,1-4H3,(H,24,26)(H,25,27)/b10-6-. The first-order valence-electron chi connectivity index (χ1n) is 9.29. The minimum absolute atomic E-state index is 0.155. The lowest BCUT2D eigenvalue weighted by molar-refractivity contribution is -0.111. The van der Waals surface area contributed by atoms with Crippen LogP contribution in [0.25, 0.3) is 17.0 Å². The number of aromatic amines is 1. The number of carbonyl (C=O) groups is 1. The third-order valence-corrected chi connectivity index (χ3v) is 4.60. The number of hydrogen-bond donors (Lipinski definition) is 2. The van der Waals surface area contributed by atoms with Gasteiger partial charge >= 0.3 is 0 Å². The lowest BCUT2D eigenvalue weighted by atomic mass is 9.99. The predicted molar refractivity (Wildman–Crippen MR) is 116 cm³/mol. The van der Waals surface area contributed by atoms with Crippen molar-refractivity contribution in [3.63, 3.8) is 0 Å². The summed E-state index contributed by atoms with van der Waals surface area (Å²) in [4.78, 5) is 27.1. The summed E-state index contributed by atoms with van der Waals surface area (Å²) in [5.41, 5.74) is 2.94. The van der Waals surface area contributed by atoms with Crippen molar-refractivity contribution in [2.45, 2.75) is 19.8 Å². The van der Waals surface area contributed by atoms with Gasteiger partial charge in [-0.15, -0.1) is 0 Å². The first kappa shape index (κ1) is 20.2. The maximum absolute atomic E-state index is 12.3. The first-order chi connectivity index (χ1) is 13.9. The van der Waals surface area contributed by atoms with Crippen molar-refractivity contribution in [3.05, 3.63) is 70.0 Å². The maximum atomic E-state index is 12.3. The van der Waals surface area contributed by atoms with Gasteiger partial charge in [0.05, 0.1) is 19.7 Å². The predicted octanol–water partition coefficient (Wildman–Crippen LogP) is 4.32. The normalized spacial score (nSPS) is 11.2. The molecule has 2 aromatic carbocycles.